The first-order valence-corrected chi connectivity index (χ1v) is 13.8. The number of fused-ring (bicyclic) bond motifs is 3. The van der Waals surface area contributed by atoms with Gasteiger partial charge in [-0.2, -0.15) is 0 Å². The zero-order valence-corrected chi connectivity index (χ0v) is 23.8. The molecule has 5 rings (SSSR count). The maximum Gasteiger partial charge on any atom is 0.409 e. The highest BCUT2D eigenvalue weighted by Crippen LogP contribution is 2.44. The largest absolute Gasteiger partial charge is 0.466 e. The number of nitrogens with two attached hydrogens (primary N) is 1. The topological polar surface area (TPSA) is 120 Å². The molecule has 0 fully saturated rings. The standard InChI is InChI=1S/C35H31N3O5/c1-35(33(40)42-2,37-32(39)26-19-17-24(18-20-26)12-11-23-13-15-25(21-36)16-14-23)38-34(41)43-22-31-29-9-5-3-7-27(29)28-8-4-6-10-30(28)31/h3-10,13-20,31H,21-22,36H2,1-2H3,(H,37,39)(H,38,41). The molecule has 4 aromatic rings. The molecule has 0 aromatic heterocycles. The number of hydrogen-bond donors (Lipinski definition) is 3. The number of carbonyl (C=O) groups excluding carboxylic acids is 3. The second kappa shape index (κ2) is 12.6. The first-order valence-electron chi connectivity index (χ1n) is 13.8. The predicted molar refractivity (Wildman–Crippen MR) is 163 cm³/mol. The van der Waals surface area contributed by atoms with E-state index < -0.39 is 23.6 Å². The number of hydrogen-bond acceptors (Lipinski definition) is 6. The van der Waals surface area contributed by atoms with Crippen molar-refractivity contribution in [2.45, 2.75) is 25.0 Å². The third-order valence-corrected chi connectivity index (χ3v) is 7.34. The molecule has 0 bridgehead atoms. The summed E-state index contributed by atoms with van der Waals surface area (Å²) in [4.78, 5) is 38.7. The summed E-state index contributed by atoms with van der Waals surface area (Å²) in [6.45, 7) is 1.85. The molecule has 8 heteroatoms. The van der Waals surface area contributed by atoms with Crippen LogP contribution >= 0.6 is 0 Å². The number of nitrogens with one attached hydrogen (secondary N) is 2. The molecular weight excluding hydrogens is 542 g/mol. The van der Waals surface area contributed by atoms with E-state index in [1.54, 1.807) is 24.3 Å². The fourth-order valence-electron chi connectivity index (χ4n) is 5.05. The zero-order chi connectivity index (χ0) is 30.4. The number of esters is 1. The van der Waals surface area contributed by atoms with Gasteiger partial charge in [-0.25, -0.2) is 9.59 Å². The number of benzene rings is 4. The quantitative estimate of drug-likeness (QED) is 0.168. The maximum atomic E-state index is 13.1. The molecule has 1 atom stereocenters. The van der Waals surface area contributed by atoms with Gasteiger partial charge in [0.2, 0.25) is 5.66 Å². The minimum atomic E-state index is -1.89. The van der Waals surface area contributed by atoms with E-state index in [0.717, 1.165) is 33.4 Å². The highest BCUT2D eigenvalue weighted by Gasteiger charge is 2.39. The van der Waals surface area contributed by atoms with Crippen LogP contribution in [-0.2, 0) is 20.8 Å². The summed E-state index contributed by atoms with van der Waals surface area (Å²) >= 11 is 0. The number of methoxy groups -OCH3 is 1. The SMILES string of the molecule is COC(=O)C(C)(NC(=O)OCC1c2ccccc2-c2ccccc21)NC(=O)c1ccc(C#Cc2ccc(CN)cc2)cc1. The lowest BCUT2D eigenvalue weighted by Gasteiger charge is -2.28. The van der Waals surface area contributed by atoms with Crippen LogP contribution in [0.3, 0.4) is 0 Å². The van der Waals surface area contributed by atoms with Crippen molar-refractivity contribution in [2.24, 2.45) is 5.73 Å². The van der Waals surface area contributed by atoms with Gasteiger partial charge in [-0.15, -0.1) is 0 Å². The van der Waals surface area contributed by atoms with Crippen LogP contribution in [0.5, 0.6) is 0 Å². The Bertz CT molecular complexity index is 1680. The highest BCUT2D eigenvalue weighted by molar-refractivity contribution is 5.99. The van der Waals surface area contributed by atoms with E-state index in [-0.39, 0.29) is 18.1 Å². The number of ether oxygens (including phenoxy) is 2. The lowest BCUT2D eigenvalue weighted by molar-refractivity contribution is -0.148. The summed E-state index contributed by atoms with van der Waals surface area (Å²) in [5.41, 5.74) is 10.9. The summed E-state index contributed by atoms with van der Waals surface area (Å²) in [5.74, 6) is 4.51. The molecule has 1 aliphatic rings. The van der Waals surface area contributed by atoms with Gasteiger partial charge in [0.15, 0.2) is 0 Å². The van der Waals surface area contributed by atoms with E-state index >= 15 is 0 Å². The van der Waals surface area contributed by atoms with Gasteiger partial charge in [0.1, 0.15) is 6.61 Å². The van der Waals surface area contributed by atoms with Crippen LogP contribution in [0, 0.1) is 11.8 Å². The van der Waals surface area contributed by atoms with Gasteiger partial charge in [0, 0.05) is 29.2 Å². The summed E-state index contributed by atoms with van der Waals surface area (Å²) < 4.78 is 10.5. The summed E-state index contributed by atoms with van der Waals surface area (Å²) in [5, 5.41) is 5.04. The Labute approximate surface area is 250 Å². The first-order chi connectivity index (χ1) is 20.8. The third kappa shape index (κ3) is 6.43. The van der Waals surface area contributed by atoms with Gasteiger partial charge in [-0.1, -0.05) is 72.5 Å². The van der Waals surface area contributed by atoms with Crippen LogP contribution in [0.1, 0.15) is 51.0 Å². The Hall–Kier alpha value is -5.39. The molecule has 2 amide bonds. The van der Waals surface area contributed by atoms with Crippen molar-refractivity contribution in [1.82, 2.24) is 10.6 Å². The molecule has 0 spiro atoms. The van der Waals surface area contributed by atoms with Crippen molar-refractivity contribution < 1.29 is 23.9 Å². The second-order valence-corrected chi connectivity index (χ2v) is 10.2. The van der Waals surface area contributed by atoms with Crippen LogP contribution < -0.4 is 16.4 Å². The first kappa shape index (κ1) is 29.1. The van der Waals surface area contributed by atoms with Gasteiger partial charge >= 0.3 is 12.1 Å². The van der Waals surface area contributed by atoms with E-state index in [1.807, 2.05) is 72.8 Å². The van der Waals surface area contributed by atoms with Gasteiger partial charge in [-0.05, 0) is 71.1 Å². The second-order valence-electron chi connectivity index (χ2n) is 10.2. The fourth-order valence-corrected chi connectivity index (χ4v) is 5.05. The molecule has 8 nitrogen and oxygen atoms in total. The van der Waals surface area contributed by atoms with Gasteiger partial charge < -0.3 is 20.5 Å². The zero-order valence-electron chi connectivity index (χ0n) is 23.8. The molecule has 0 saturated heterocycles. The molecule has 0 radical (unpaired) electrons. The maximum absolute atomic E-state index is 13.1. The van der Waals surface area contributed by atoms with Crippen molar-refractivity contribution in [3.8, 4) is 23.0 Å². The summed E-state index contributed by atoms with van der Waals surface area (Å²) in [7, 11) is 1.17. The molecule has 4 N–H and O–H groups in total. The molecule has 1 aliphatic carbocycles. The van der Waals surface area contributed by atoms with Crippen molar-refractivity contribution in [3.63, 3.8) is 0 Å². The van der Waals surface area contributed by atoms with Crippen molar-refractivity contribution >= 4 is 18.0 Å². The van der Waals surface area contributed by atoms with Crippen LogP contribution in [0.25, 0.3) is 11.1 Å². The van der Waals surface area contributed by atoms with Gasteiger partial charge in [0.05, 0.1) is 7.11 Å². The Balaban J connectivity index is 1.24. The summed E-state index contributed by atoms with van der Waals surface area (Å²) in [6, 6.07) is 30.1. The molecule has 0 saturated carbocycles. The molecule has 43 heavy (non-hydrogen) atoms. The predicted octanol–water partition coefficient (Wildman–Crippen LogP) is 4.70. The fraction of sp³-hybridized carbons (Fsp3) is 0.171. The molecule has 216 valence electrons. The normalized spacial score (nSPS) is 12.9. The number of amides is 2. The van der Waals surface area contributed by atoms with E-state index in [2.05, 4.69) is 22.5 Å². The Morgan fingerprint density at radius 1 is 0.791 bits per heavy atom. The van der Waals surface area contributed by atoms with E-state index in [1.165, 1.54) is 14.0 Å². The van der Waals surface area contributed by atoms with Gasteiger partial charge in [-0.3, -0.25) is 10.1 Å². The van der Waals surface area contributed by atoms with E-state index in [4.69, 9.17) is 15.2 Å². The monoisotopic (exact) mass is 573 g/mol. The molecule has 1 unspecified atom stereocenters. The Morgan fingerprint density at radius 2 is 1.33 bits per heavy atom. The van der Waals surface area contributed by atoms with Crippen LogP contribution in [0.4, 0.5) is 4.79 Å². The summed E-state index contributed by atoms with van der Waals surface area (Å²) in [6.07, 6.45) is -0.875. The average molecular weight is 574 g/mol. The van der Waals surface area contributed by atoms with E-state index in [9.17, 15) is 14.4 Å². The van der Waals surface area contributed by atoms with Crippen molar-refractivity contribution in [1.29, 1.82) is 0 Å². The number of carbonyl (C=O) groups is 3. The van der Waals surface area contributed by atoms with Crippen LogP contribution in [-0.4, -0.2) is 37.3 Å². The van der Waals surface area contributed by atoms with E-state index in [0.29, 0.717) is 12.1 Å². The smallest absolute Gasteiger partial charge is 0.409 e. The third-order valence-electron chi connectivity index (χ3n) is 7.34. The minimum absolute atomic E-state index is 0.0463. The van der Waals surface area contributed by atoms with Crippen LogP contribution in [0.15, 0.2) is 97.1 Å². The van der Waals surface area contributed by atoms with Crippen LogP contribution in [0.2, 0.25) is 0 Å². The highest BCUT2D eigenvalue weighted by atomic mass is 16.6. The Kier molecular flexibility index (Phi) is 8.56. The lowest BCUT2D eigenvalue weighted by Crippen LogP contribution is -2.64. The number of rotatable bonds is 7. The minimum Gasteiger partial charge on any atom is -0.466 e. The molecular formula is C35H31N3O5. The van der Waals surface area contributed by atoms with Crippen molar-refractivity contribution in [2.75, 3.05) is 13.7 Å². The molecule has 0 heterocycles. The van der Waals surface area contributed by atoms with Gasteiger partial charge in [0.25, 0.3) is 5.91 Å². The average Bonchev–Trinajstić information content (AvgIpc) is 3.36. The Morgan fingerprint density at radius 3 is 1.86 bits per heavy atom. The lowest BCUT2D eigenvalue weighted by atomic mass is 9.98. The number of alkyl carbamates (subject to hydrolysis) is 1. The van der Waals surface area contributed by atoms with Crippen molar-refractivity contribution in [3.05, 3.63) is 130 Å². The molecule has 0 aliphatic heterocycles. The molecule has 4 aromatic carbocycles.